The Hall–Kier alpha value is -1.37. The topological polar surface area (TPSA) is 65.4 Å². The highest BCUT2D eigenvalue weighted by atomic mass is 15.2. The van der Waals surface area contributed by atoms with Gasteiger partial charge in [-0.25, -0.2) is 4.98 Å². The quantitative estimate of drug-likeness (QED) is 0.745. The number of H-pyrrole nitrogens is 1. The van der Waals surface area contributed by atoms with Crippen molar-refractivity contribution in [3.8, 4) is 6.07 Å². The lowest BCUT2D eigenvalue weighted by Gasteiger charge is -2.14. The molecule has 4 nitrogen and oxygen atoms in total. The first-order valence-corrected chi connectivity index (χ1v) is 4.28. The molecule has 0 radical (unpaired) electrons. The molecule has 1 aromatic rings. The van der Waals surface area contributed by atoms with Crippen molar-refractivity contribution in [3.63, 3.8) is 0 Å². The zero-order valence-electron chi connectivity index (χ0n) is 8.26. The second-order valence-corrected chi connectivity index (χ2v) is 4.27. The molecular formula is C9H14N4. The number of hydrogen-bond donors (Lipinski definition) is 1. The Morgan fingerprint density at radius 2 is 2.15 bits per heavy atom. The van der Waals surface area contributed by atoms with Crippen molar-refractivity contribution in [1.29, 1.82) is 5.26 Å². The maximum absolute atomic E-state index is 8.42. The second kappa shape index (κ2) is 3.56. The van der Waals surface area contributed by atoms with Gasteiger partial charge in [-0.15, -0.1) is 0 Å². The molecule has 1 rings (SSSR count). The van der Waals surface area contributed by atoms with Gasteiger partial charge < -0.3 is 0 Å². The van der Waals surface area contributed by atoms with E-state index < -0.39 is 0 Å². The molecule has 1 heterocycles. The van der Waals surface area contributed by atoms with Crippen molar-refractivity contribution in [2.45, 2.75) is 33.6 Å². The molecule has 0 fully saturated rings. The zero-order chi connectivity index (χ0) is 9.90. The number of nitriles is 1. The Labute approximate surface area is 78.0 Å². The van der Waals surface area contributed by atoms with E-state index in [1.807, 2.05) is 6.07 Å². The van der Waals surface area contributed by atoms with Crippen LogP contribution in [0.2, 0.25) is 0 Å². The number of nitrogens with zero attached hydrogens (tertiary/aromatic N) is 3. The van der Waals surface area contributed by atoms with Gasteiger partial charge in [-0.3, -0.25) is 5.10 Å². The third kappa shape index (κ3) is 3.24. The lowest BCUT2D eigenvalue weighted by Crippen LogP contribution is -2.10. The first-order chi connectivity index (χ1) is 6.01. The smallest absolute Gasteiger partial charge is 0.164 e. The summed E-state index contributed by atoms with van der Waals surface area (Å²) < 4.78 is 0. The average Bonchev–Trinajstić information content (AvgIpc) is 2.33. The Kier molecular flexibility index (Phi) is 2.66. The fraction of sp³-hybridized carbons (Fsp3) is 0.667. The monoisotopic (exact) mass is 178 g/mol. The Morgan fingerprint density at radius 3 is 2.69 bits per heavy atom. The number of nitrogens with one attached hydrogen (secondary N) is 1. The van der Waals surface area contributed by atoms with Gasteiger partial charge in [0.25, 0.3) is 0 Å². The van der Waals surface area contributed by atoms with Gasteiger partial charge in [0.2, 0.25) is 0 Å². The minimum Gasteiger partial charge on any atom is -0.263 e. The van der Waals surface area contributed by atoms with E-state index in [2.05, 4.69) is 36.0 Å². The van der Waals surface area contributed by atoms with Crippen LogP contribution in [0.25, 0.3) is 0 Å². The summed E-state index contributed by atoms with van der Waals surface area (Å²) in [4.78, 5) is 4.20. The molecule has 0 aromatic carbocycles. The molecule has 0 saturated carbocycles. The summed E-state index contributed by atoms with van der Waals surface area (Å²) in [5, 5.41) is 15.2. The molecule has 13 heavy (non-hydrogen) atoms. The van der Waals surface area contributed by atoms with Crippen LogP contribution in [0.3, 0.4) is 0 Å². The summed E-state index contributed by atoms with van der Waals surface area (Å²) in [7, 11) is 0. The lowest BCUT2D eigenvalue weighted by atomic mass is 9.92. The highest BCUT2D eigenvalue weighted by Gasteiger charge is 2.14. The van der Waals surface area contributed by atoms with E-state index in [4.69, 9.17) is 5.26 Å². The summed E-state index contributed by atoms with van der Waals surface area (Å²) >= 11 is 0. The first kappa shape index (κ1) is 9.72. The second-order valence-electron chi connectivity index (χ2n) is 4.27. The summed E-state index contributed by atoms with van der Waals surface area (Å²) in [5.41, 5.74) is 0.198. The van der Waals surface area contributed by atoms with Crippen LogP contribution in [0.1, 0.15) is 32.4 Å². The van der Waals surface area contributed by atoms with Gasteiger partial charge in [-0.05, 0) is 5.41 Å². The van der Waals surface area contributed by atoms with Crippen molar-refractivity contribution < 1.29 is 0 Å². The van der Waals surface area contributed by atoms with E-state index in [9.17, 15) is 0 Å². The SMILES string of the molecule is CC(C)(C)Cc1nc(CC#N)n[nH]1. The van der Waals surface area contributed by atoms with Crippen LogP contribution < -0.4 is 0 Å². The van der Waals surface area contributed by atoms with Crippen LogP contribution in [-0.4, -0.2) is 15.2 Å². The molecule has 0 saturated heterocycles. The van der Waals surface area contributed by atoms with Crippen LogP contribution >= 0.6 is 0 Å². The number of aromatic nitrogens is 3. The normalized spacial score (nSPS) is 11.2. The Morgan fingerprint density at radius 1 is 1.46 bits per heavy atom. The minimum atomic E-state index is 0.198. The van der Waals surface area contributed by atoms with Gasteiger partial charge in [-0.2, -0.15) is 10.4 Å². The maximum atomic E-state index is 8.42. The molecule has 0 aliphatic heterocycles. The summed E-state index contributed by atoms with van der Waals surface area (Å²) in [6.07, 6.45) is 1.13. The molecule has 0 unspecified atom stereocenters. The third-order valence-corrected chi connectivity index (χ3v) is 1.51. The van der Waals surface area contributed by atoms with Gasteiger partial charge in [0.15, 0.2) is 5.82 Å². The molecule has 70 valence electrons. The van der Waals surface area contributed by atoms with E-state index in [0.29, 0.717) is 5.82 Å². The van der Waals surface area contributed by atoms with Crippen molar-refractivity contribution in [1.82, 2.24) is 15.2 Å². The van der Waals surface area contributed by atoms with Crippen LogP contribution in [0.15, 0.2) is 0 Å². The molecule has 1 aromatic heterocycles. The van der Waals surface area contributed by atoms with Gasteiger partial charge in [-0.1, -0.05) is 20.8 Å². The van der Waals surface area contributed by atoms with E-state index in [0.717, 1.165) is 12.2 Å². The fourth-order valence-corrected chi connectivity index (χ4v) is 1.07. The molecular weight excluding hydrogens is 164 g/mol. The van der Waals surface area contributed by atoms with Gasteiger partial charge in [0, 0.05) is 6.42 Å². The summed E-state index contributed by atoms with van der Waals surface area (Å²) in [5.74, 6) is 1.44. The fourth-order valence-electron chi connectivity index (χ4n) is 1.07. The van der Waals surface area contributed by atoms with Gasteiger partial charge in [0.1, 0.15) is 5.82 Å². The highest BCUT2D eigenvalue weighted by molar-refractivity contribution is 4.98. The Balaban J connectivity index is 2.65. The predicted molar refractivity (Wildman–Crippen MR) is 48.9 cm³/mol. The molecule has 0 aliphatic rings. The molecule has 4 heteroatoms. The number of rotatable bonds is 2. The molecule has 1 N–H and O–H groups in total. The van der Waals surface area contributed by atoms with E-state index in [1.54, 1.807) is 0 Å². The van der Waals surface area contributed by atoms with E-state index in [1.165, 1.54) is 0 Å². The third-order valence-electron chi connectivity index (χ3n) is 1.51. The predicted octanol–water partition coefficient (Wildman–Crippen LogP) is 1.46. The van der Waals surface area contributed by atoms with Crippen LogP contribution in [0.4, 0.5) is 0 Å². The number of aromatic amines is 1. The van der Waals surface area contributed by atoms with Crippen LogP contribution in [-0.2, 0) is 12.8 Å². The molecule has 0 aliphatic carbocycles. The summed E-state index contributed by atoms with van der Waals surface area (Å²) in [6, 6.07) is 2.02. The number of hydrogen-bond acceptors (Lipinski definition) is 3. The van der Waals surface area contributed by atoms with E-state index >= 15 is 0 Å². The van der Waals surface area contributed by atoms with Crippen molar-refractivity contribution >= 4 is 0 Å². The lowest BCUT2D eigenvalue weighted by molar-refractivity contribution is 0.401. The van der Waals surface area contributed by atoms with Gasteiger partial charge in [0.05, 0.1) is 12.5 Å². The minimum absolute atomic E-state index is 0.198. The average molecular weight is 178 g/mol. The summed E-state index contributed by atoms with van der Waals surface area (Å²) in [6.45, 7) is 6.42. The molecule has 0 atom stereocenters. The van der Waals surface area contributed by atoms with Crippen molar-refractivity contribution in [2.75, 3.05) is 0 Å². The highest BCUT2D eigenvalue weighted by Crippen LogP contribution is 2.17. The largest absolute Gasteiger partial charge is 0.263 e. The maximum Gasteiger partial charge on any atom is 0.164 e. The van der Waals surface area contributed by atoms with Crippen LogP contribution in [0, 0.1) is 16.7 Å². The van der Waals surface area contributed by atoms with Crippen molar-refractivity contribution in [3.05, 3.63) is 11.6 Å². The first-order valence-electron chi connectivity index (χ1n) is 4.28. The van der Waals surface area contributed by atoms with E-state index in [-0.39, 0.29) is 11.8 Å². The standard InChI is InChI=1S/C9H14N4/c1-9(2,3)6-8-11-7(4-5-10)12-13-8/h4,6H2,1-3H3,(H,11,12,13). The van der Waals surface area contributed by atoms with Gasteiger partial charge >= 0.3 is 0 Å². The van der Waals surface area contributed by atoms with Crippen LogP contribution in [0.5, 0.6) is 0 Å². The van der Waals surface area contributed by atoms with Crippen molar-refractivity contribution in [2.24, 2.45) is 5.41 Å². The molecule has 0 bridgehead atoms. The molecule has 0 spiro atoms. The molecule has 0 amide bonds. The Bertz CT molecular complexity index is 313. The zero-order valence-corrected chi connectivity index (χ0v) is 8.26.